The van der Waals surface area contributed by atoms with Crippen molar-refractivity contribution in [3.63, 3.8) is 0 Å². The highest BCUT2D eigenvalue weighted by Crippen LogP contribution is 2.69. The molecule has 1 aliphatic heterocycles. The first kappa shape index (κ1) is 22.5. The Morgan fingerprint density at radius 1 is 1.03 bits per heavy atom. The fourth-order valence-electron chi connectivity index (χ4n) is 8.29. The molecule has 4 bridgehead atoms. The van der Waals surface area contributed by atoms with Crippen LogP contribution in [0.5, 0.6) is 0 Å². The molecular formula is C24H30F3N3O3. The van der Waals surface area contributed by atoms with Gasteiger partial charge in [0.25, 0.3) is 5.69 Å². The highest BCUT2D eigenvalue weighted by atomic mass is 19.4. The van der Waals surface area contributed by atoms with Crippen molar-refractivity contribution in [3.8, 4) is 0 Å². The molecule has 180 valence electrons. The van der Waals surface area contributed by atoms with Crippen LogP contribution in [0.15, 0.2) is 18.2 Å². The van der Waals surface area contributed by atoms with Gasteiger partial charge in [-0.05, 0) is 67.4 Å². The molecule has 1 aromatic rings. The summed E-state index contributed by atoms with van der Waals surface area (Å²) in [4.78, 5) is 28.1. The maximum Gasteiger partial charge on any atom is 0.416 e. The number of hydrogen-bond acceptors (Lipinski definition) is 4. The molecule has 33 heavy (non-hydrogen) atoms. The molecule has 5 fully saturated rings. The second-order valence-corrected chi connectivity index (χ2v) is 11.6. The van der Waals surface area contributed by atoms with E-state index >= 15 is 0 Å². The van der Waals surface area contributed by atoms with Crippen LogP contribution in [0.3, 0.4) is 0 Å². The number of piperazine rings is 1. The van der Waals surface area contributed by atoms with Gasteiger partial charge in [0.15, 0.2) is 0 Å². The first-order valence-electron chi connectivity index (χ1n) is 11.7. The highest BCUT2D eigenvalue weighted by Gasteiger charge is 2.63. The summed E-state index contributed by atoms with van der Waals surface area (Å²) >= 11 is 0. The van der Waals surface area contributed by atoms with Crippen LogP contribution in [-0.4, -0.2) is 41.9 Å². The van der Waals surface area contributed by atoms with Crippen LogP contribution in [0.2, 0.25) is 0 Å². The molecule has 4 saturated carbocycles. The van der Waals surface area contributed by atoms with E-state index in [4.69, 9.17) is 0 Å². The smallest absolute Gasteiger partial charge is 0.362 e. The Balaban J connectivity index is 1.32. The maximum absolute atomic E-state index is 13.8. The summed E-state index contributed by atoms with van der Waals surface area (Å²) in [6, 6.07) is 2.67. The first-order valence-corrected chi connectivity index (χ1v) is 11.7. The normalized spacial score (nSPS) is 35.7. The second kappa shape index (κ2) is 7.09. The molecule has 0 aromatic heterocycles. The van der Waals surface area contributed by atoms with E-state index in [9.17, 15) is 28.1 Å². The molecule has 4 aliphatic carbocycles. The molecular weight excluding hydrogens is 435 g/mol. The number of nitrogens with zero attached hydrogens (tertiary/aromatic N) is 3. The molecule has 2 atom stereocenters. The minimum atomic E-state index is -4.64. The average Bonchev–Trinajstić information content (AvgIpc) is 2.69. The van der Waals surface area contributed by atoms with E-state index in [2.05, 4.69) is 13.8 Å². The lowest BCUT2D eigenvalue weighted by Crippen LogP contribution is -2.62. The first-order chi connectivity index (χ1) is 15.3. The van der Waals surface area contributed by atoms with Crippen LogP contribution < -0.4 is 4.90 Å². The lowest BCUT2D eigenvalue weighted by molar-refractivity contribution is -0.384. The van der Waals surface area contributed by atoms with E-state index in [0.717, 1.165) is 25.3 Å². The van der Waals surface area contributed by atoms with Gasteiger partial charge in [0.2, 0.25) is 5.91 Å². The fraction of sp³-hybridized carbons (Fsp3) is 0.708. The number of hydrogen-bond donors (Lipinski definition) is 0. The van der Waals surface area contributed by atoms with Gasteiger partial charge in [-0.25, -0.2) is 0 Å². The van der Waals surface area contributed by atoms with E-state index in [1.54, 1.807) is 4.90 Å². The number of benzene rings is 1. The molecule has 9 heteroatoms. The molecule has 6 rings (SSSR count). The van der Waals surface area contributed by atoms with Gasteiger partial charge >= 0.3 is 6.18 Å². The van der Waals surface area contributed by atoms with Gasteiger partial charge in [-0.15, -0.1) is 0 Å². The Bertz CT molecular complexity index is 984. The third-order valence-corrected chi connectivity index (χ3v) is 8.49. The molecule has 0 spiro atoms. The number of halogens is 3. The zero-order chi connectivity index (χ0) is 23.8. The SMILES string of the molecule is CC12CC3CC(C)(C1)CC(C(=O)N1CCN(c4ccc(C(F)(F)F)cc4[N+](=O)[O-])CC1)(C3)C2. The predicted octanol–water partition coefficient (Wildman–Crippen LogP) is 5.26. The van der Waals surface area contributed by atoms with Crippen LogP contribution in [0, 0.1) is 32.3 Å². The lowest BCUT2D eigenvalue weighted by Gasteiger charge is -2.65. The minimum Gasteiger partial charge on any atom is -0.362 e. The number of amides is 1. The Kier molecular flexibility index (Phi) is 4.83. The van der Waals surface area contributed by atoms with Gasteiger partial charge in [0.1, 0.15) is 5.69 Å². The summed E-state index contributed by atoms with van der Waals surface area (Å²) in [6.45, 7) is 6.25. The summed E-state index contributed by atoms with van der Waals surface area (Å²) in [5.74, 6) is 0.821. The van der Waals surface area contributed by atoms with Crippen molar-refractivity contribution in [2.75, 3.05) is 31.1 Å². The molecule has 1 amide bonds. The lowest BCUT2D eigenvalue weighted by atomic mass is 9.40. The monoisotopic (exact) mass is 465 g/mol. The standard InChI is InChI=1S/C24H30F3N3O3/c1-21-10-16-11-22(2,13-21)15-23(12-16,14-21)20(31)29-7-5-28(6-8-29)18-4-3-17(24(25,26)27)9-19(18)30(32)33/h3-4,9,16H,5-8,10-15H2,1-2H3. The van der Waals surface area contributed by atoms with Crippen molar-refractivity contribution >= 4 is 17.3 Å². The molecule has 5 aliphatic rings. The number of anilines is 1. The third-order valence-electron chi connectivity index (χ3n) is 8.49. The molecule has 2 unspecified atom stereocenters. The van der Waals surface area contributed by atoms with Crippen LogP contribution >= 0.6 is 0 Å². The summed E-state index contributed by atoms with van der Waals surface area (Å²) in [7, 11) is 0. The van der Waals surface area contributed by atoms with E-state index in [0.29, 0.717) is 38.2 Å². The molecule has 1 aromatic carbocycles. The minimum absolute atomic E-state index is 0.176. The number of alkyl halides is 3. The predicted molar refractivity (Wildman–Crippen MR) is 117 cm³/mol. The van der Waals surface area contributed by atoms with E-state index in [-0.39, 0.29) is 27.8 Å². The third kappa shape index (κ3) is 3.77. The van der Waals surface area contributed by atoms with Gasteiger partial charge < -0.3 is 9.80 Å². The Labute approximate surface area is 191 Å². The van der Waals surface area contributed by atoms with Crippen molar-refractivity contribution in [2.24, 2.45) is 22.2 Å². The van der Waals surface area contributed by atoms with Crippen molar-refractivity contribution in [3.05, 3.63) is 33.9 Å². The molecule has 1 saturated heterocycles. The number of nitro benzene ring substituents is 1. The van der Waals surface area contributed by atoms with Crippen LogP contribution in [-0.2, 0) is 11.0 Å². The Hall–Kier alpha value is -2.32. The summed E-state index contributed by atoms with van der Waals surface area (Å²) < 4.78 is 39.1. The number of rotatable bonds is 3. The molecule has 0 N–H and O–H groups in total. The largest absolute Gasteiger partial charge is 0.416 e. The van der Waals surface area contributed by atoms with Gasteiger partial charge in [-0.2, -0.15) is 13.2 Å². The van der Waals surface area contributed by atoms with Gasteiger partial charge in [0.05, 0.1) is 15.9 Å². The quantitative estimate of drug-likeness (QED) is 0.451. The summed E-state index contributed by atoms with van der Waals surface area (Å²) in [5, 5.41) is 11.5. The average molecular weight is 466 g/mol. The molecule has 6 nitrogen and oxygen atoms in total. The topological polar surface area (TPSA) is 66.7 Å². The van der Waals surface area contributed by atoms with E-state index < -0.39 is 22.4 Å². The van der Waals surface area contributed by atoms with Crippen molar-refractivity contribution in [2.45, 2.75) is 58.5 Å². The summed E-state index contributed by atoms with van der Waals surface area (Å²) in [5.41, 5.74) is -1.25. The highest BCUT2D eigenvalue weighted by molar-refractivity contribution is 5.84. The van der Waals surface area contributed by atoms with Gasteiger partial charge in [-0.3, -0.25) is 14.9 Å². The van der Waals surface area contributed by atoms with E-state index in [1.807, 2.05) is 4.90 Å². The van der Waals surface area contributed by atoms with Crippen LogP contribution in [0.1, 0.15) is 57.9 Å². The van der Waals surface area contributed by atoms with Crippen LogP contribution in [0.25, 0.3) is 0 Å². The Morgan fingerprint density at radius 2 is 1.64 bits per heavy atom. The van der Waals surface area contributed by atoms with Gasteiger partial charge in [0, 0.05) is 32.2 Å². The van der Waals surface area contributed by atoms with Gasteiger partial charge in [-0.1, -0.05) is 13.8 Å². The zero-order valence-corrected chi connectivity index (χ0v) is 19.1. The number of nitro groups is 1. The summed E-state index contributed by atoms with van der Waals surface area (Å²) in [6.07, 6.45) is 1.81. The van der Waals surface area contributed by atoms with Crippen molar-refractivity contribution in [1.82, 2.24) is 4.90 Å². The van der Waals surface area contributed by atoms with E-state index in [1.165, 1.54) is 25.3 Å². The van der Waals surface area contributed by atoms with Crippen LogP contribution in [0.4, 0.5) is 24.5 Å². The zero-order valence-electron chi connectivity index (χ0n) is 19.1. The fourth-order valence-corrected chi connectivity index (χ4v) is 8.29. The molecule has 1 heterocycles. The number of carbonyl (C=O) groups excluding carboxylic acids is 1. The second-order valence-electron chi connectivity index (χ2n) is 11.6. The van der Waals surface area contributed by atoms with Crippen molar-refractivity contribution in [1.29, 1.82) is 0 Å². The Morgan fingerprint density at radius 3 is 2.15 bits per heavy atom. The number of carbonyl (C=O) groups is 1. The van der Waals surface area contributed by atoms with Crippen molar-refractivity contribution < 1.29 is 22.9 Å². The molecule has 0 radical (unpaired) electrons. The maximum atomic E-state index is 13.8.